The van der Waals surface area contributed by atoms with Crippen molar-refractivity contribution < 1.29 is 9.84 Å². The van der Waals surface area contributed by atoms with E-state index in [1.807, 2.05) is 6.92 Å². The highest BCUT2D eigenvalue weighted by Crippen LogP contribution is 2.30. The van der Waals surface area contributed by atoms with Crippen molar-refractivity contribution in [3.8, 4) is 0 Å². The maximum atomic E-state index is 10.6. The highest BCUT2D eigenvalue weighted by Gasteiger charge is 2.34. The molecule has 1 aliphatic heterocycles. The molecule has 98 valence electrons. The van der Waals surface area contributed by atoms with Gasteiger partial charge in [-0.3, -0.25) is 0 Å². The number of aryl methyl sites for hydroxylation is 2. The number of hydrogen-bond donors (Lipinski definition) is 1. The molecule has 3 rings (SSSR count). The molecule has 1 saturated heterocycles. The topological polar surface area (TPSA) is 29.5 Å². The second-order valence-corrected chi connectivity index (χ2v) is 6.05. The minimum Gasteiger partial charge on any atom is -0.389 e. The summed E-state index contributed by atoms with van der Waals surface area (Å²) in [6, 6.07) is 6.74. The molecular weight excluding hydrogens is 224 g/mol. The van der Waals surface area contributed by atoms with Crippen LogP contribution in [0.5, 0.6) is 0 Å². The van der Waals surface area contributed by atoms with Gasteiger partial charge < -0.3 is 9.84 Å². The van der Waals surface area contributed by atoms with E-state index in [-0.39, 0.29) is 5.92 Å². The van der Waals surface area contributed by atoms with Crippen molar-refractivity contribution in [2.75, 3.05) is 13.2 Å². The molecule has 1 fully saturated rings. The van der Waals surface area contributed by atoms with E-state index < -0.39 is 5.60 Å². The third kappa shape index (κ3) is 2.32. The van der Waals surface area contributed by atoms with E-state index in [9.17, 15) is 5.11 Å². The second kappa shape index (κ2) is 4.67. The van der Waals surface area contributed by atoms with Crippen LogP contribution in [0.2, 0.25) is 0 Å². The van der Waals surface area contributed by atoms with Crippen LogP contribution in [0.1, 0.15) is 36.5 Å². The van der Waals surface area contributed by atoms with Gasteiger partial charge in [0.15, 0.2) is 0 Å². The third-order valence-electron chi connectivity index (χ3n) is 4.53. The Morgan fingerprint density at radius 3 is 2.94 bits per heavy atom. The van der Waals surface area contributed by atoms with Gasteiger partial charge in [-0.25, -0.2) is 0 Å². The predicted octanol–water partition coefficient (Wildman–Crippen LogP) is 2.51. The molecule has 2 heteroatoms. The lowest BCUT2D eigenvalue weighted by Gasteiger charge is -2.29. The molecular formula is C16H22O2. The quantitative estimate of drug-likeness (QED) is 0.888. The van der Waals surface area contributed by atoms with Gasteiger partial charge in [-0.15, -0.1) is 0 Å². The summed E-state index contributed by atoms with van der Waals surface area (Å²) in [6.07, 6.45) is 5.44. The fourth-order valence-corrected chi connectivity index (χ4v) is 3.32. The molecule has 1 aromatic carbocycles. The summed E-state index contributed by atoms with van der Waals surface area (Å²) in [7, 11) is 0. The Morgan fingerprint density at radius 1 is 1.33 bits per heavy atom. The molecule has 1 heterocycles. The summed E-state index contributed by atoms with van der Waals surface area (Å²) in [5.74, 6) is 0.283. The zero-order chi connectivity index (χ0) is 12.6. The largest absolute Gasteiger partial charge is 0.389 e. The minimum absolute atomic E-state index is 0.283. The molecule has 0 aromatic heterocycles. The smallest absolute Gasteiger partial charge is 0.0710 e. The molecule has 0 bridgehead atoms. The van der Waals surface area contributed by atoms with Crippen molar-refractivity contribution >= 4 is 0 Å². The number of aliphatic hydroxyl groups is 1. The first-order valence-electron chi connectivity index (χ1n) is 7.06. The van der Waals surface area contributed by atoms with Crippen molar-refractivity contribution in [2.24, 2.45) is 5.92 Å². The number of hydrogen-bond acceptors (Lipinski definition) is 2. The molecule has 2 aliphatic rings. The first-order valence-corrected chi connectivity index (χ1v) is 7.06. The van der Waals surface area contributed by atoms with Gasteiger partial charge in [-0.05, 0) is 49.3 Å². The SMILES string of the molecule is CC(O)(Cc1ccc2c(c1)CCC2)C1CCOC1. The van der Waals surface area contributed by atoms with E-state index in [0.717, 1.165) is 19.4 Å². The Labute approximate surface area is 109 Å². The standard InChI is InChI=1S/C16H22O2/c1-16(17,15-7-8-18-11-15)10-12-5-6-13-3-2-4-14(13)9-12/h5-6,9,15,17H,2-4,7-8,10-11H2,1H3. The number of benzene rings is 1. The van der Waals surface area contributed by atoms with Gasteiger partial charge in [-0.1, -0.05) is 18.2 Å². The summed E-state index contributed by atoms with van der Waals surface area (Å²) in [6.45, 7) is 3.46. The highest BCUT2D eigenvalue weighted by atomic mass is 16.5. The molecule has 1 aromatic rings. The lowest BCUT2D eigenvalue weighted by atomic mass is 9.83. The second-order valence-electron chi connectivity index (χ2n) is 6.05. The van der Waals surface area contributed by atoms with Gasteiger partial charge in [0.2, 0.25) is 0 Å². The Balaban J connectivity index is 1.75. The van der Waals surface area contributed by atoms with Crippen LogP contribution in [0.3, 0.4) is 0 Å². The van der Waals surface area contributed by atoms with Crippen molar-refractivity contribution in [2.45, 2.75) is 44.6 Å². The normalized spacial score (nSPS) is 26.0. The Hall–Kier alpha value is -0.860. The van der Waals surface area contributed by atoms with Crippen molar-refractivity contribution in [3.05, 3.63) is 34.9 Å². The van der Waals surface area contributed by atoms with E-state index in [1.165, 1.54) is 36.0 Å². The van der Waals surface area contributed by atoms with Crippen molar-refractivity contribution in [1.29, 1.82) is 0 Å². The molecule has 0 amide bonds. The number of ether oxygens (including phenoxy) is 1. The summed E-state index contributed by atoms with van der Waals surface area (Å²) in [5.41, 5.74) is 3.63. The lowest BCUT2D eigenvalue weighted by molar-refractivity contribution is -0.00454. The van der Waals surface area contributed by atoms with Crippen LogP contribution in [0.4, 0.5) is 0 Å². The molecule has 2 unspecified atom stereocenters. The van der Waals surface area contributed by atoms with Crippen LogP contribution in [0.15, 0.2) is 18.2 Å². The molecule has 2 nitrogen and oxygen atoms in total. The Bertz CT molecular complexity index is 431. The number of fused-ring (bicyclic) bond motifs is 1. The monoisotopic (exact) mass is 246 g/mol. The van der Waals surface area contributed by atoms with Gasteiger partial charge in [0.1, 0.15) is 0 Å². The Morgan fingerprint density at radius 2 is 2.17 bits per heavy atom. The molecule has 18 heavy (non-hydrogen) atoms. The molecule has 2 atom stereocenters. The van der Waals surface area contributed by atoms with Crippen LogP contribution in [0, 0.1) is 5.92 Å². The van der Waals surface area contributed by atoms with Gasteiger partial charge in [0.25, 0.3) is 0 Å². The summed E-state index contributed by atoms with van der Waals surface area (Å²) in [4.78, 5) is 0. The van der Waals surface area contributed by atoms with Gasteiger partial charge in [0.05, 0.1) is 12.2 Å². The van der Waals surface area contributed by atoms with Crippen LogP contribution in [0.25, 0.3) is 0 Å². The van der Waals surface area contributed by atoms with Gasteiger partial charge in [0, 0.05) is 18.9 Å². The summed E-state index contributed by atoms with van der Waals surface area (Å²) in [5, 5.41) is 10.6. The van der Waals surface area contributed by atoms with Crippen LogP contribution >= 0.6 is 0 Å². The summed E-state index contributed by atoms with van der Waals surface area (Å²) >= 11 is 0. The minimum atomic E-state index is -0.636. The third-order valence-corrected chi connectivity index (χ3v) is 4.53. The summed E-state index contributed by atoms with van der Waals surface area (Å²) < 4.78 is 5.40. The fraction of sp³-hybridized carbons (Fsp3) is 0.625. The number of rotatable bonds is 3. The molecule has 0 radical (unpaired) electrons. The first kappa shape index (κ1) is 12.2. The van der Waals surface area contributed by atoms with E-state index >= 15 is 0 Å². The molecule has 0 spiro atoms. The van der Waals surface area contributed by atoms with Crippen LogP contribution < -0.4 is 0 Å². The fourth-order valence-electron chi connectivity index (χ4n) is 3.32. The van der Waals surface area contributed by atoms with E-state index in [0.29, 0.717) is 6.61 Å². The molecule has 0 saturated carbocycles. The predicted molar refractivity (Wildman–Crippen MR) is 71.7 cm³/mol. The van der Waals surface area contributed by atoms with Crippen LogP contribution in [-0.2, 0) is 24.0 Å². The zero-order valence-corrected chi connectivity index (χ0v) is 11.1. The Kier molecular flexibility index (Phi) is 3.16. The van der Waals surface area contributed by atoms with Crippen molar-refractivity contribution in [1.82, 2.24) is 0 Å². The average Bonchev–Trinajstić information content (AvgIpc) is 2.99. The molecule has 1 N–H and O–H groups in total. The van der Waals surface area contributed by atoms with Crippen LogP contribution in [-0.4, -0.2) is 23.9 Å². The first-order chi connectivity index (χ1) is 8.65. The van der Waals surface area contributed by atoms with Gasteiger partial charge in [-0.2, -0.15) is 0 Å². The molecule has 1 aliphatic carbocycles. The van der Waals surface area contributed by atoms with Gasteiger partial charge >= 0.3 is 0 Å². The zero-order valence-electron chi connectivity index (χ0n) is 11.1. The highest BCUT2D eigenvalue weighted by molar-refractivity contribution is 5.35. The van der Waals surface area contributed by atoms with E-state index in [1.54, 1.807) is 0 Å². The maximum Gasteiger partial charge on any atom is 0.0710 e. The lowest BCUT2D eigenvalue weighted by Crippen LogP contribution is -2.37. The maximum absolute atomic E-state index is 10.6. The van der Waals surface area contributed by atoms with E-state index in [4.69, 9.17) is 4.74 Å². The van der Waals surface area contributed by atoms with E-state index in [2.05, 4.69) is 18.2 Å². The van der Waals surface area contributed by atoms with Crippen molar-refractivity contribution in [3.63, 3.8) is 0 Å². The average molecular weight is 246 g/mol.